The van der Waals surface area contributed by atoms with Crippen molar-refractivity contribution in [3.05, 3.63) is 65.7 Å². The summed E-state index contributed by atoms with van der Waals surface area (Å²) < 4.78 is 18.1. The van der Waals surface area contributed by atoms with E-state index in [4.69, 9.17) is 14.2 Å². The summed E-state index contributed by atoms with van der Waals surface area (Å²) in [5.41, 5.74) is 4.45. The van der Waals surface area contributed by atoms with Crippen LogP contribution in [0.3, 0.4) is 0 Å². The van der Waals surface area contributed by atoms with Gasteiger partial charge in [0.1, 0.15) is 5.75 Å². The number of rotatable bonds is 10. The van der Waals surface area contributed by atoms with E-state index in [1.165, 1.54) is 49.5 Å². The Morgan fingerprint density at radius 3 is 2.03 bits per heavy atom. The van der Waals surface area contributed by atoms with Gasteiger partial charge in [0.15, 0.2) is 0 Å². The van der Waals surface area contributed by atoms with E-state index in [0.717, 1.165) is 40.0 Å². The van der Waals surface area contributed by atoms with E-state index < -0.39 is 6.48 Å². The molecule has 4 fully saturated rings. The minimum Gasteiger partial charge on any atom is -0.441 e. The van der Waals surface area contributed by atoms with Gasteiger partial charge in [-0.1, -0.05) is 24.3 Å². The molecule has 1 amide bonds. The molecule has 4 aliphatic rings. The molecule has 4 saturated carbocycles. The van der Waals surface area contributed by atoms with Gasteiger partial charge in [-0.05, 0) is 135 Å². The van der Waals surface area contributed by atoms with Gasteiger partial charge in [-0.2, -0.15) is 0 Å². The number of amides is 1. The summed E-state index contributed by atoms with van der Waals surface area (Å²) in [7, 11) is 0. The van der Waals surface area contributed by atoms with Crippen molar-refractivity contribution in [3.63, 3.8) is 0 Å². The molecule has 206 valence electrons. The van der Waals surface area contributed by atoms with Crippen LogP contribution in [0.5, 0.6) is 5.75 Å². The monoisotopic (exact) mass is 527 g/mol. The van der Waals surface area contributed by atoms with Crippen LogP contribution in [0, 0.1) is 17.8 Å². The van der Waals surface area contributed by atoms with Crippen molar-refractivity contribution in [2.24, 2.45) is 17.8 Å². The Morgan fingerprint density at radius 1 is 0.821 bits per heavy atom. The van der Waals surface area contributed by atoms with Gasteiger partial charge in [-0.15, -0.1) is 0 Å². The van der Waals surface area contributed by atoms with Crippen LogP contribution in [0.1, 0.15) is 75.2 Å². The highest BCUT2D eigenvalue weighted by molar-refractivity contribution is 5.95. The van der Waals surface area contributed by atoms with Crippen LogP contribution in [0.15, 0.2) is 54.6 Å². The molecule has 3 aromatic rings. The van der Waals surface area contributed by atoms with E-state index >= 15 is 0 Å². The van der Waals surface area contributed by atoms with E-state index in [2.05, 4.69) is 35.6 Å². The molecular formula is C34H41NO4. The lowest BCUT2D eigenvalue weighted by Gasteiger charge is -2.57. The van der Waals surface area contributed by atoms with Gasteiger partial charge in [0, 0.05) is 17.7 Å². The fourth-order valence-electron chi connectivity index (χ4n) is 7.98. The number of carbonyl (C=O) groups is 1. The van der Waals surface area contributed by atoms with Crippen LogP contribution in [-0.4, -0.2) is 32.1 Å². The summed E-state index contributed by atoms with van der Waals surface area (Å²) in [5, 5.41) is 5.24. The third-order valence-corrected chi connectivity index (χ3v) is 9.19. The summed E-state index contributed by atoms with van der Waals surface area (Å²) >= 11 is 0. The average molecular weight is 528 g/mol. The first-order valence-corrected chi connectivity index (χ1v) is 14.9. The maximum atomic E-state index is 12.2. The summed E-state index contributed by atoms with van der Waals surface area (Å²) in [5.74, 6) is 3.39. The standard InChI is InChI=1S/C34H41NO4/c1-4-35-32(36)26-9-7-25(8-10-26)27-11-12-28-18-31(39-33(37-5-2)38-6-3)30(17-29(28)16-27)34-19-22-13-23(20-34)15-24(14-22)21-34/h7-12,16-18,22-24,33H,4-6,13-15,19-21H2,1-3H3,(H,35,36). The zero-order chi connectivity index (χ0) is 27.0. The van der Waals surface area contributed by atoms with Crippen molar-refractivity contribution in [2.75, 3.05) is 19.8 Å². The molecule has 0 spiro atoms. The molecule has 0 heterocycles. The molecule has 0 aromatic heterocycles. The van der Waals surface area contributed by atoms with Crippen LogP contribution < -0.4 is 10.1 Å². The third-order valence-electron chi connectivity index (χ3n) is 9.19. The van der Waals surface area contributed by atoms with Gasteiger partial charge in [-0.25, -0.2) is 0 Å². The highest BCUT2D eigenvalue weighted by Crippen LogP contribution is 2.62. The van der Waals surface area contributed by atoms with E-state index in [1.807, 2.05) is 45.0 Å². The van der Waals surface area contributed by atoms with E-state index in [-0.39, 0.29) is 11.3 Å². The van der Waals surface area contributed by atoms with Gasteiger partial charge < -0.3 is 19.5 Å². The second-order valence-electron chi connectivity index (χ2n) is 11.9. The highest BCUT2D eigenvalue weighted by atomic mass is 16.8. The SMILES string of the molecule is CCNC(=O)c1ccc(-c2ccc3cc(OC(OCC)OCC)c(C45CC6CC(CC(C6)C4)C5)cc3c2)cc1. The molecule has 0 aliphatic heterocycles. The molecule has 0 saturated heterocycles. The Balaban J connectivity index is 1.40. The molecule has 7 rings (SSSR count). The third kappa shape index (κ3) is 5.19. The lowest BCUT2D eigenvalue weighted by atomic mass is 9.48. The number of benzene rings is 3. The molecule has 3 aromatic carbocycles. The van der Waals surface area contributed by atoms with Crippen molar-refractivity contribution in [2.45, 2.75) is 71.2 Å². The van der Waals surface area contributed by atoms with Crippen molar-refractivity contribution >= 4 is 16.7 Å². The zero-order valence-electron chi connectivity index (χ0n) is 23.5. The van der Waals surface area contributed by atoms with Crippen LogP contribution in [0.25, 0.3) is 21.9 Å². The summed E-state index contributed by atoms with van der Waals surface area (Å²) in [4.78, 5) is 12.2. The smallest absolute Gasteiger partial charge is 0.315 e. The van der Waals surface area contributed by atoms with Gasteiger partial charge in [0.2, 0.25) is 0 Å². The lowest BCUT2D eigenvalue weighted by molar-refractivity contribution is -0.243. The van der Waals surface area contributed by atoms with E-state index in [0.29, 0.717) is 25.3 Å². The maximum Gasteiger partial charge on any atom is 0.315 e. The number of hydrogen-bond donors (Lipinski definition) is 1. The predicted molar refractivity (Wildman–Crippen MR) is 155 cm³/mol. The molecule has 1 N–H and O–H groups in total. The Labute approximate surface area is 232 Å². The predicted octanol–water partition coefficient (Wildman–Crippen LogP) is 7.46. The lowest BCUT2D eigenvalue weighted by Crippen LogP contribution is -2.48. The molecular weight excluding hydrogens is 486 g/mol. The number of ether oxygens (including phenoxy) is 3. The molecule has 0 unspecified atom stereocenters. The first-order valence-electron chi connectivity index (χ1n) is 14.9. The van der Waals surface area contributed by atoms with Crippen LogP contribution in [0.4, 0.5) is 0 Å². The molecule has 5 heteroatoms. The molecule has 39 heavy (non-hydrogen) atoms. The van der Waals surface area contributed by atoms with Crippen LogP contribution in [0.2, 0.25) is 0 Å². The molecule has 5 nitrogen and oxygen atoms in total. The first-order chi connectivity index (χ1) is 19.0. The minimum atomic E-state index is -0.701. The van der Waals surface area contributed by atoms with Crippen LogP contribution in [-0.2, 0) is 14.9 Å². The summed E-state index contributed by atoms with van der Waals surface area (Å²) in [6.45, 7) is 6.87. The molecule has 4 aliphatic carbocycles. The number of carbonyl (C=O) groups excluding carboxylic acids is 1. The number of hydrogen-bond acceptors (Lipinski definition) is 4. The summed E-state index contributed by atoms with van der Waals surface area (Å²) in [6, 6.07) is 19.1. The average Bonchev–Trinajstić information content (AvgIpc) is 2.92. The Bertz CT molecular complexity index is 1290. The van der Waals surface area contributed by atoms with E-state index in [1.54, 1.807) is 0 Å². The first kappa shape index (κ1) is 26.3. The number of nitrogens with one attached hydrogen (secondary N) is 1. The van der Waals surface area contributed by atoms with Gasteiger partial charge in [0.05, 0.1) is 13.2 Å². The minimum absolute atomic E-state index is 0.0345. The quantitative estimate of drug-likeness (QED) is 0.278. The molecule has 4 bridgehead atoms. The Morgan fingerprint density at radius 2 is 1.44 bits per heavy atom. The Kier molecular flexibility index (Phi) is 7.39. The Hall–Kier alpha value is -2.89. The van der Waals surface area contributed by atoms with E-state index in [9.17, 15) is 4.79 Å². The maximum absolute atomic E-state index is 12.2. The number of fused-ring (bicyclic) bond motifs is 1. The topological polar surface area (TPSA) is 56.8 Å². The van der Waals surface area contributed by atoms with Gasteiger partial charge >= 0.3 is 6.48 Å². The van der Waals surface area contributed by atoms with Gasteiger partial charge in [0.25, 0.3) is 5.91 Å². The second kappa shape index (κ2) is 10.9. The van der Waals surface area contributed by atoms with Crippen LogP contribution >= 0.6 is 0 Å². The van der Waals surface area contributed by atoms with Crippen molar-refractivity contribution in [1.82, 2.24) is 5.32 Å². The van der Waals surface area contributed by atoms with Crippen molar-refractivity contribution in [1.29, 1.82) is 0 Å². The summed E-state index contributed by atoms with van der Waals surface area (Å²) in [6.07, 6.45) is 7.99. The largest absolute Gasteiger partial charge is 0.441 e. The van der Waals surface area contributed by atoms with Gasteiger partial charge in [-0.3, -0.25) is 4.79 Å². The highest BCUT2D eigenvalue weighted by Gasteiger charge is 2.52. The fourth-order valence-corrected chi connectivity index (χ4v) is 7.98. The van der Waals surface area contributed by atoms with Crippen molar-refractivity contribution < 1.29 is 19.0 Å². The molecule has 0 atom stereocenters. The fraction of sp³-hybridized carbons (Fsp3) is 0.500. The zero-order valence-corrected chi connectivity index (χ0v) is 23.5. The van der Waals surface area contributed by atoms with Crippen molar-refractivity contribution in [3.8, 4) is 16.9 Å². The molecule has 0 radical (unpaired) electrons. The second-order valence-corrected chi connectivity index (χ2v) is 11.9. The normalized spacial score (nSPS) is 25.4.